The van der Waals surface area contributed by atoms with E-state index in [0.29, 0.717) is 19.1 Å². The van der Waals surface area contributed by atoms with Crippen molar-refractivity contribution in [3.8, 4) is 5.75 Å². The smallest absolute Gasteiger partial charge is 0.305 e. The van der Waals surface area contributed by atoms with E-state index in [1.54, 1.807) is 0 Å². The second-order valence-electron chi connectivity index (χ2n) is 8.74. The molecule has 0 amide bonds. The van der Waals surface area contributed by atoms with Crippen LogP contribution >= 0.6 is 0 Å². The van der Waals surface area contributed by atoms with Gasteiger partial charge in [-0.05, 0) is 87.6 Å². The number of carbonyl (C=O) groups excluding carboxylic acids is 1. The molecule has 4 heteroatoms. The zero-order chi connectivity index (χ0) is 21.2. The van der Waals surface area contributed by atoms with Crippen molar-refractivity contribution in [1.29, 1.82) is 0 Å². The summed E-state index contributed by atoms with van der Waals surface area (Å²) in [6.07, 6.45) is 12.7. The van der Waals surface area contributed by atoms with Crippen LogP contribution in [0.1, 0.15) is 77.2 Å². The van der Waals surface area contributed by atoms with Crippen LogP contribution in [0.25, 0.3) is 5.57 Å². The number of benzene rings is 1. The van der Waals surface area contributed by atoms with E-state index in [0.717, 1.165) is 50.6 Å². The third kappa shape index (κ3) is 7.16. The first-order valence-electron chi connectivity index (χ1n) is 12.0. The fraction of sp³-hybridized carbons (Fsp3) is 0.654. The molecule has 3 rings (SSSR count). The van der Waals surface area contributed by atoms with Crippen molar-refractivity contribution in [2.75, 3.05) is 26.2 Å². The van der Waals surface area contributed by atoms with Gasteiger partial charge in [0.2, 0.25) is 0 Å². The van der Waals surface area contributed by atoms with Gasteiger partial charge in [0.05, 0.1) is 12.7 Å². The van der Waals surface area contributed by atoms with Gasteiger partial charge < -0.3 is 9.47 Å². The van der Waals surface area contributed by atoms with Gasteiger partial charge in [0, 0.05) is 19.5 Å². The Morgan fingerprint density at radius 1 is 1.07 bits per heavy atom. The molecule has 0 spiro atoms. The van der Waals surface area contributed by atoms with Gasteiger partial charge in [-0.25, -0.2) is 0 Å². The molecule has 0 radical (unpaired) electrons. The number of rotatable bonds is 10. The average molecular weight is 414 g/mol. The molecule has 0 bridgehead atoms. The minimum atomic E-state index is -0.0700. The average Bonchev–Trinajstić information content (AvgIpc) is 2.78. The highest BCUT2D eigenvalue weighted by molar-refractivity contribution is 5.69. The number of unbranched alkanes of at least 4 members (excludes halogenated alkanes) is 1. The van der Waals surface area contributed by atoms with Gasteiger partial charge in [-0.3, -0.25) is 9.69 Å². The van der Waals surface area contributed by atoms with E-state index in [-0.39, 0.29) is 5.97 Å². The molecule has 2 aliphatic rings. The van der Waals surface area contributed by atoms with Crippen molar-refractivity contribution >= 4 is 11.5 Å². The second kappa shape index (κ2) is 12.1. The maximum absolute atomic E-state index is 11.4. The first kappa shape index (κ1) is 22.9. The van der Waals surface area contributed by atoms with E-state index < -0.39 is 0 Å². The summed E-state index contributed by atoms with van der Waals surface area (Å²) in [4.78, 5) is 13.9. The summed E-state index contributed by atoms with van der Waals surface area (Å²) >= 11 is 0. The van der Waals surface area contributed by atoms with Crippen LogP contribution in [-0.2, 0) is 9.53 Å². The zero-order valence-corrected chi connectivity index (χ0v) is 18.9. The Hall–Kier alpha value is -1.81. The van der Waals surface area contributed by atoms with Gasteiger partial charge in [-0.1, -0.05) is 31.6 Å². The lowest BCUT2D eigenvalue weighted by molar-refractivity contribution is -0.143. The predicted octanol–water partition coefficient (Wildman–Crippen LogP) is 5.86. The van der Waals surface area contributed by atoms with Crippen LogP contribution in [0.4, 0.5) is 0 Å². The number of hydrogen-bond acceptors (Lipinski definition) is 4. The van der Waals surface area contributed by atoms with Gasteiger partial charge in [-0.15, -0.1) is 0 Å². The third-order valence-electron chi connectivity index (χ3n) is 6.60. The lowest BCUT2D eigenvalue weighted by Crippen LogP contribution is -2.29. The Balaban J connectivity index is 1.39. The Kier molecular flexibility index (Phi) is 9.26. The first-order chi connectivity index (χ1) is 14.7. The summed E-state index contributed by atoms with van der Waals surface area (Å²) in [6, 6.07) is 8.72. The Morgan fingerprint density at radius 3 is 2.47 bits per heavy atom. The molecule has 1 aromatic rings. The molecule has 1 aromatic carbocycles. The normalized spacial score (nSPS) is 22.4. The molecule has 1 aliphatic heterocycles. The highest BCUT2D eigenvalue weighted by Crippen LogP contribution is 2.30. The Morgan fingerprint density at radius 2 is 1.83 bits per heavy atom. The molecule has 0 N–H and O–H groups in total. The number of carbonyl (C=O) groups is 1. The Labute approximate surface area is 182 Å². The molecular weight excluding hydrogens is 374 g/mol. The van der Waals surface area contributed by atoms with Crippen molar-refractivity contribution in [3.63, 3.8) is 0 Å². The minimum Gasteiger partial charge on any atom is -0.490 e. The SMILES string of the molecule is CCOC(=O)CCCCN1CC=C(c2ccc(O[C@H]3CC[C@@H](CC)CC3)cc2)CC1. The molecule has 166 valence electrons. The maximum Gasteiger partial charge on any atom is 0.305 e. The molecule has 4 nitrogen and oxygen atoms in total. The number of nitrogens with zero attached hydrogens (tertiary/aromatic N) is 1. The lowest BCUT2D eigenvalue weighted by Gasteiger charge is -2.28. The summed E-state index contributed by atoms with van der Waals surface area (Å²) in [5, 5.41) is 0. The van der Waals surface area contributed by atoms with Crippen LogP contribution in [0.3, 0.4) is 0 Å². The van der Waals surface area contributed by atoms with Crippen LogP contribution in [0.2, 0.25) is 0 Å². The topological polar surface area (TPSA) is 38.8 Å². The summed E-state index contributed by atoms with van der Waals surface area (Å²) in [5.41, 5.74) is 2.76. The fourth-order valence-electron chi connectivity index (χ4n) is 4.61. The molecule has 0 saturated heterocycles. The van der Waals surface area contributed by atoms with Gasteiger partial charge in [0.1, 0.15) is 5.75 Å². The van der Waals surface area contributed by atoms with E-state index in [4.69, 9.17) is 9.47 Å². The van der Waals surface area contributed by atoms with E-state index in [9.17, 15) is 4.79 Å². The van der Waals surface area contributed by atoms with Crippen molar-refractivity contribution in [3.05, 3.63) is 35.9 Å². The van der Waals surface area contributed by atoms with Crippen LogP contribution in [0.15, 0.2) is 30.3 Å². The van der Waals surface area contributed by atoms with Crippen LogP contribution in [0, 0.1) is 5.92 Å². The molecule has 0 aromatic heterocycles. The van der Waals surface area contributed by atoms with Crippen LogP contribution in [-0.4, -0.2) is 43.2 Å². The van der Waals surface area contributed by atoms with E-state index >= 15 is 0 Å². The Bertz CT molecular complexity index is 674. The fourth-order valence-corrected chi connectivity index (χ4v) is 4.61. The summed E-state index contributed by atoms with van der Waals surface area (Å²) < 4.78 is 11.2. The van der Waals surface area contributed by atoms with Gasteiger partial charge in [0.25, 0.3) is 0 Å². The highest BCUT2D eigenvalue weighted by atomic mass is 16.5. The lowest BCUT2D eigenvalue weighted by atomic mass is 9.86. The molecule has 0 unspecified atom stereocenters. The maximum atomic E-state index is 11.4. The van der Waals surface area contributed by atoms with E-state index in [1.807, 2.05) is 6.92 Å². The quantitative estimate of drug-likeness (QED) is 0.356. The summed E-state index contributed by atoms with van der Waals surface area (Å²) in [7, 11) is 0. The van der Waals surface area contributed by atoms with E-state index in [2.05, 4.69) is 42.2 Å². The summed E-state index contributed by atoms with van der Waals surface area (Å²) in [6.45, 7) is 7.77. The van der Waals surface area contributed by atoms with Crippen molar-refractivity contribution < 1.29 is 14.3 Å². The largest absolute Gasteiger partial charge is 0.490 e. The number of hydrogen-bond donors (Lipinski definition) is 0. The molecule has 1 fully saturated rings. The molecule has 1 saturated carbocycles. The first-order valence-corrected chi connectivity index (χ1v) is 12.0. The van der Waals surface area contributed by atoms with Crippen molar-refractivity contribution in [1.82, 2.24) is 4.90 Å². The number of ether oxygens (including phenoxy) is 2. The summed E-state index contributed by atoms with van der Waals surface area (Å²) in [5.74, 6) is 1.85. The van der Waals surface area contributed by atoms with Crippen molar-refractivity contribution in [2.24, 2.45) is 5.92 Å². The zero-order valence-electron chi connectivity index (χ0n) is 18.9. The monoisotopic (exact) mass is 413 g/mol. The van der Waals surface area contributed by atoms with Gasteiger partial charge in [0.15, 0.2) is 0 Å². The predicted molar refractivity (Wildman–Crippen MR) is 123 cm³/mol. The molecule has 1 aliphatic carbocycles. The van der Waals surface area contributed by atoms with Gasteiger partial charge >= 0.3 is 5.97 Å². The standard InChI is InChI=1S/C26H39NO3/c1-3-21-8-12-24(13-9-21)30-25-14-10-22(11-15-25)23-16-19-27(20-17-23)18-6-5-7-26(28)29-4-2/h10-11,14-16,21,24H,3-9,12-13,17-20H2,1-2H3/t21-,24+. The second-order valence-corrected chi connectivity index (χ2v) is 8.74. The van der Waals surface area contributed by atoms with Gasteiger partial charge in [-0.2, -0.15) is 0 Å². The molecule has 30 heavy (non-hydrogen) atoms. The molecule has 1 heterocycles. The molecular formula is C26H39NO3. The highest BCUT2D eigenvalue weighted by Gasteiger charge is 2.21. The minimum absolute atomic E-state index is 0.0700. The number of esters is 1. The molecule has 0 atom stereocenters. The van der Waals surface area contributed by atoms with E-state index in [1.165, 1.54) is 43.2 Å². The van der Waals surface area contributed by atoms with Crippen LogP contribution in [0.5, 0.6) is 5.75 Å². The van der Waals surface area contributed by atoms with Crippen LogP contribution < -0.4 is 4.74 Å². The van der Waals surface area contributed by atoms with Crippen molar-refractivity contribution in [2.45, 2.75) is 77.7 Å². The third-order valence-corrected chi connectivity index (χ3v) is 6.60.